The number of nitrogens with one attached hydrogen (secondary N) is 2. The molecule has 0 aliphatic carbocycles. The Morgan fingerprint density at radius 1 is 0.786 bits per heavy atom. The van der Waals surface area contributed by atoms with Crippen LogP contribution in [0.25, 0.3) is 0 Å². The molecular formula is C11H27N3. The molecule has 0 unspecified atom stereocenters. The Labute approximate surface area is 88.8 Å². The van der Waals surface area contributed by atoms with Gasteiger partial charge in [0.1, 0.15) is 0 Å². The van der Waals surface area contributed by atoms with Crippen molar-refractivity contribution < 1.29 is 0 Å². The van der Waals surface area contributed by atoms with E-state index in [0.29, 0.717) is 0 Å². The van der Waals surface area contributed by atoms with E-state index in [9.17, 15) is 0 Å². The average Bonchev–Trinajstić information content (AvgIpc) is 2.21. The normalized spacial score (nSPS) is 10.7. The van der Waals surface area contributed by atoms with Crippen molar-refractivity contribution in [2.45, 2.75) is 39.0 Å². The van der Waals surface area contributed by atoms with E-state index < -0.39 is 0 Å². The molecule has 0 aromatic rings. The lowest BCUT2D eigenvalue weighted by molar-refractivity contribution is 0.566. The lowest BCUT2D eigenvalue weighted by Gasteiger charge is -2.04. The molecule has 0 saturated heterocycles. The molecule has 3 nitrogen and oxygen atoms in total. The molecule has 0 amide bonds. The first kappa shape index (κ1) is 13.9. The Balaban J connectivity index is 2.78. The monoisotopic (exact) mass is 201 g/mol. The van der Waals surface area contributed by atoms with Gasteiger partial charge in [-0.1, -0.05) is 19.8 Å². The molecule has 0 aliphatic heterocycles. The van der Waals surface area contributed by atoms with Crippen LogP contribution in [-0.4, -0.2) is 32.7 Å². The van der Waals surface area contributed by atoms with Gasteiger partial charge in [-0.15, -0.1) is 0 Å². The maximum Gasteiger partial charge on any atom is -0.00368 e. The van der Waals surface area contributed by atoms with E-state index in [1.807, 2.05) is 0 Å². The molecule has 4 N–H and O–H groups in total. The maximum atomic E-state index is 5.41. The quantitative estimate of drug-likeness (QED) is 0.439. The summed E-state index contributed by atoms with van der Waals surface area (Å²) >= 11 is 0. The van der Waals surface area contributed by atoms with E-state index in [0.717, 1.165) is 32.7 Å². The number of unbranched alkanes of at least 4 members (excludes halogenated alkanes) is 3. The number of nitrogens with two attached hydrogens (primary N) is 1. The third-order valence-electron chi connectivity index (χ3n) is 2.26. The fourth-order valence-corrected chi connectivity index (χ4v) is 1.39. The lowest BCUT2D eigenvalue weighted by Crippen LogP contribution is -2.22. The molecule has 0 spiro atoms. The summed E-state index contributed by atoms with van der Waals surface area (Å²) in [5.41, 5.74) is 5.41. The van der Waals surface area contributed by atoms with Gasteiger partial charge in [-0.25, -0.2) is 0 Å². The minimum atomic E-state index is 0.843. The van der Waals surface area contributed by atoms with Gasteiger partial charge in [-0.3, -0.25) is 0 Å². The van der Waals surface area contributed by atoms with Gasteiger partial charge in [0, 0.05) is 0 Å². The second kappa shape index (κ2) is 12.9. The Morgan fingerprint density at radius 3 is 2.14 bits per heavy atom. The molecule has 0 atom stereocenters. The third kappa shape index (κ3) is 11.9. The van der Waals surface area contributed by atoms with E-state index >= 15 is 0 Å². The highest BCUT2D eigenvalue weighted by molar-refractivity contribution is 4.51. The minimum Gasteiger partial charge on any atom is -0.330 e. The first-order chi connectivity index (χ1) is 6.91. The number of rotatable bonds is 11. The molecule has 0 radical (unpaired) electrons. The van der Waals surface area contributed by atoms with Crippen LogP contribution in [0.4, 0.5) is 0 Å². The van der Waals surface area contributed by atoms with Crippen LogP contribution in [0.5, 0.6) is 0 Å². The van der Waals surface area contributed by atoms with E-state index in [2.05, 4.69) is 17.6 Å². The fourth-order valence-electron chi connectivity index (χ4n) is 1.39. The topological polar surface area (TPSA) is 50.1 Å². The van der Waals surface area contributed by atoms with Gasteiger partial charge < -0.3 is 16.4 Å². The zero-order chi connectivity index (χ0) is 10.5. The van der Waals surface area contributed by atoms with Gasteiger partial charge in [0.25, 0.3) is 0 Å². The van der Waals surface area contributed by atoms with Crippen molar-refractivity contribution in [3.05, 3.63) is 0 Å². The third-order valence-corrected chi connectivity index (χ3v) is 2.26. The Bertz CT molecular complexity index is 84.5. The molecule has 14 heavy (non-hydrogen) atoms. The lowest BCUT2D eigenvalue weighted by atomic mass is 10.2. The summed E-state index contributed by atoms with van der Waals surface area (Å²) in [6.45, 7) is 7.51. The second-order valence-electron chi connectivity index (χ2n) is 3.66. The summed E-state index contributed by atoms with van der Waals surface area (Å²) in [6, 6.07) is 0. The van der Waals surface area contributed by atoms with E-state index in [1.54, 1.807) is 0 Å². The summed E-state index contributed by atoms with van der Waals surface area (Å²) < 4.78 is 0. The molecule has 0 saturated carbocycles. The van der Waals surface area contributed by atoms with Crippen molar-refractivity contribution in [1.82, 2.24) is 10.6 Å². The van der Waals surface area contributed by atoms with Gasteiger partial charge in [0.2, 0.25) is 0 Å². The Hall–Kier alpha value is -0.120. The molecule has 0 rings (SSSR count). The van der Waals surface area contributed by atoms with Crippen molar-refractivity contribution >= 4 is 0 Å². The van der Waals surface area contributed by atoms with Crippen LogP contribution < -0.4 is 16.4 Å². The molecule has 0 aromatic heterocycles. The summed E-state index contributed by atoms with van der Waals surface area (Å²) in [5, 5.41) is 6.76. The van der Waals surface area contributed by atoms with Crippen LogP contribution in [0.2, 0.25) is 0 Å². The first-order valence-corrected chi connectivity index (χ1v) is 6.03. The maximum absolute atomic E-state index is 5.41. The predicted molar refractivity (Wildman–Crippen MR) is 63.6 cm³/mol. The standard InChI is InChI=1S/C11H27N3/c1-2-13-10-7-11-14-9-6-4-3-5-8-12/h13-14H,2-12H2,1H3. The molecule has 3 heteroatoms. The van der Waals surface area contributed by atoms with Crippen LogP contribution in [-0.2, 0) is 0 Å². The molecule has 0 fully saturated rings. The summed E-state index contributed by atoms with van der Waals surface area (Å²) in [6.07, 6.45) is 6.31. The summed E-state index contributed by atoms with van der Waals surface area (Å²) in [4.78, 5) is 0. The average molecular weight is 201 g/mol. The predicted octanol–water partition coefficient (Wildman–Crippen LogP) is 1.09. The van der Waals surface area contributed by atoms with Crippen LogP contribution in [0.3, 0.4) is 0 Å². The highest BCUT2D eigenvalue weighted by Crippen LogP contribution is 1.96. The van der Waals surface area contributed by atoms with Crippen molar-refractivity contribution in [2.24, 2.45) is 5.73 Å². The molecule has 0 aliphatic rings. The molecule has 0 aromatic carbocycles. The Morgan fingerprint density at radius 2 is 1.43 bits per heavy atom. The number of hydrogen-bond donors (Lipinski definition) is 3. The highest BCUT2D eigenvalue weighted by Gasteiger charge is 1.89. The van der Waals surface area contributed by atoms with Gasteiger partial charge in [-0.2, -0.15) is 0 Å². The highest BCUT2D eigenvalue weighted by atomic mass is 14.9. The van der Waals surface area contributed by atoms with Crippen molar-refractivity contribution in [3.63, 3.8) is 0 Å². The SMILES string of the molecule is CCNCCCNCCCCCCN. The second-order valence-corrected chi connectivity index (χ2v) is 3.66. The largest absolute Gasteiger partial charge is 0.330 e. The zero-order valence-electron chi connectivity index (χ0n) is 9.65. The van der Waals surface area contributed by atoms with Crippen molar-refractivity contribution in [2.75, 3.05) is 32.7 Å². The van der Waals surface area contributed by atoms with Crippen LogP contribution in [0, 0.1) is 0 Å². The first-order valence-electron chi connectivity index (χ1n) is 6.03. The zero-order valence-corrected chi connectivity index (χ0v) is 9.65. The number of hydrogen-bond acceptors (Lipinski definition) is 3. The minimum absolute atomic E-state index is 0.843. The van der Waals surface area contributed by atoms with E-state index in [1.165, 1.54) is 32.1 Å². The van der Waals surface area contributed by atoms with E-state index in [-0.39, 0.29) is 0 Å². The smallest absolute Gasteiger partial charge is 0.00368 e. The molecule has 0 bridgehead atoms. The molecule has 0 heterocycles. The summed E-state index contributed by atoms with van der Waals surface area (Å²) in [5.74, 6) is 0. The van der Waals surface area contributed by atoms with Gasteiger partial charge in [0.05, 0.1) is 0 Å². The Kier molecular flexibility index (Phi) is 12.8. The van der Waals surface area contributed by atoms with Crippen LogP contribution in [0.15, 0.2) is 0 Å². The van der Waals surface area contributed by atoms with Gasteiger partial charge in [-0.05, 0) is 52.0 Å². The summed E-state index contributed by atoms with van der Waals surface area (Å²) in [7, 11) is 0. The molecular weight excluding hydrogens is 174 g/mol. The van der Waals surface area contributed by atoms with Gasteiger partial charge in [0.15, 0.2) is 0 Å². The fraction of sp³-hybridized carbons (Fsp3) is 1.00. The van der Waals surface area contributed by atoms with E-state index in [4.69, 9.17) is 5.73 Å². The molecule has 86 valence electrons. The van der Waals surface area contributed by atoms with Crippen LogP contribution in [0.1, 0.15) is 39.0 Å². The van der Waals surface area contributed by atoms with Crippen LogP contribution >= 0.6 is 0 Å². The van der Waals surface area contributed by atoms with Gasteiger partial charge >= 0.3 is 0 Å². The van der Waals surface area contributed by atoms with Crippen molar-refractivity contribution in [3.8, 4) is 0 Å². The van der Waals surface area contributed by atoms with Crippen molar-refractivity contribution in [1.29, 1.82) is 0 Å².